The molecule has 4 heteroatoms. The van der Waals surface area contributed by atoms with Crippen molar-refractivity contribution in [2.75, 3.05) is 11.4 Å². The maximum atomic E-state index is 11.7. The Morgan fingerprint density at radius 2 is 2.25 bits per heavy atom. The molecule has 0 atom stereocenters. The standard InChI is InChI=1S/C12H17N3O/c1-4-9-5-6-10(13-7-9)15-8-12(2,3)14-11(15)16/h5-7H,4,8H2,1-3H3,(H,14,16). The molecule has 0 aromatic carbocycles. The summed E-state index contributed by atoms with van der Waals surface area (Å²) in [4.78, 5) is 17.7. The molecule has 2 heterocycles. The van der Waals surface area contributed by atoms with Gasteiger partial charge in [0.15, 0.2) is 0 Å². The lowest BCUT2D eigenvalue weighted by atomic mass is 10.1. The van der Waals surface area contributed by atoms with Gasteiger partial charge in [-0.3, -0.25) is 4.90 Å². The van der Waals surface area contributed by atoms with E-state index in [0.717, 1.165) is 12.2 Å². The number of hydrogen-bond donors (Lipinski definition) is 1. The van der Waals surface area contributed by atoms with Gasteiger partial charge in [0.05, 0.1) is 12.1 Å². The highest BCUT2D eigenvalue weighted by Gasteiger charge is 2.35. The van der Waals surface area contributed by atoms with Crippen LogP contribution in [0.25, 0.3) is 0 Å². The van der Waals surface area contributed by atoms with Gasteiger partial charge in [0.1, 0.15) is 5.82 Å². The van der Waals surface area contributed by atoms with Crippen molar-refractivity contribution in [2.24, 2.45) is 0 Å². The van der Waals surface area contributed by atoms with Crippen LogP contribution >= 0.6 is 0 Å². The van der Waals surface area contributed by atoms with E-state index in [0.29, 0.717) is 6.54 Å². The Kier molecular flexibility index (Phi) is 2.58. The summed E-state index contributed by atoms with van der Waals surface area (Å²) in [5, 5.41) is 2.92. The first-order valence-electron chi connectivity index (χ1n) is 5.56. The molecule has 1 saturated heterocycles. The summed E-state index contributed by atoms with van der Waals surface area (Å²) in [5.41, 5.74) is 1.00. The summed E-state index contributed by atoms with van der Waals surface area (Å²) in [6, 6.07) is 3.85. The van der Waals surface area contributed by atoms with Crippen molar-refractivity contribution in [1.82, 2.24) is 10.3 Å². The molecule has 0 aliphatic carbocycles. The van der Waals surface area contributed by atoms with Crippen LogP contribution in [0.15, 0.2) is 18.3 Å². The molecule has 4 nitrogen and oxygen atoms in total. The SMILES string of the molecule is CCc1ccc(N2CC(C)(C)NC2=O)nc1. The van der Waals surface area contributed by atoms with E-state index in [9.17, 15) is 4.79 Å². The molecule has 1 N–H and O–H groups in total. The number of anilines is 1. The molecule has 0 saturated carbocycles. The lowest BCUT2D eigenvalue weighted by Gasteiger charge is -2.17. The second kappa shape index (κ2) is 3.77. The highest BCUT2D eigenvalue weighted by molar-refractivity contribution is 5.94. The van der Waals surface area contributed by atoms with E-state index in [1.165, 1.54) is 5.56 Å². The van der Waals surface area contributed by atoms with Gasteiger partial charge in [-0.1, -0.05) is 13.0 Å². The van der Waals surface area contributed by atoms with Crippen LogP contribution in [-0.4, -0.2) is 23.1 Å². The maximum absolute atomic E-state index is 11.7. The van der Waals surface area contributed by atoms with E-state index >= 15 is 0 Å². The topological polar surface area (TPSA) is 45.2 Å². The van der Waals surface area contributed by atoms with Crippen molar-refractivity contribution < 1.29 is 4.79 Å². The molecule has 1 aliphatic heterocycles. The molecule has 86 valence electrons. The van der Waals surface area contributed by atoms with E-state index < -0.39 is 0 Å². The van der Waals surface area contributed by atoms with E-state index in [2.05, 4.69) is 17.2 Å². The minimum absolute atomic E-state index is 0.0678. The number of aryl methyl sites for hydroxylation is 1. The molecule has 0 radical (unpaired) electrons. The zero-order chi connectivity index (χ0) is 11.8. The third-order valence-electron chi connectivity index (χ3n) is 2.74. The van der Waals surface area contributed by atoms with Crippen LogP contribution in [0.4, 0.5) is 10.6 Å². The number of rotatable bonds is 2. The molecular formula is C12H17N3O. The number of nitrogens with zero attached hydrogens (tertiary/aromatic N) is 2. The molecule has 1 aliphatic rings. The molecule has 1 aromatic rings. The van der Waals surface area contributed by atoms with Gasteiger partial charge < -0.3 is 5.32 Å². The number of aromatic nitrogens is 1. The van der Waals surface area contributed by atoms with E-state index in [1.807, 2.05) is 32.2 Å². The van der Waals surface area contributed by atoms with Gasteiger partial charge in [-0.15, -0.1) is 0 Å². The Balaban J connectivity index is 2.21. The van der Waals surface area contributed by atoms with E-state index in [-0.39, 0.29) is 11.6 Å². The second-order valence-electron chi connectivity index (χ2n) is 4.78. The average Bonchev–Trinajstić information content (AvgIpc) is 2.52. The average molecular weight is 219 g/mol. The Hall–Kier alpha value is -1.58. The largest absolute Gasteiger partial charge is 0.331 e. The number of pyridine rings is 1. The summed E-state index contributed by atoms with van der Waals surface area (Å²) in [5.74, 6) is 0.722. The van der Waals surface area contributed by atoms with Crippen molar-refractivity contribution in [2.45, 2.75) is 32.7 Å². The number of amides is 2. The Labute approximate surface area is 95.7 Å². The van der Waals surface area contributed by atoms with Gasteiger partial charge >= 0.3 is 6.03 Å². The molecule has 2 rings (SSSR count). The molecule has 1 aromatic heterocycles. The van der Waals surface area contributed by atoms with Crippen LogP contribution in [-0.2, 0) is 6.42 Å². The van der Waals surface area contributed by atoms with Crippen LogP contribution in [0.1, 0.15) is 26.3 Å². The predicted molar refractivity (Wildman–Crippen MR) is 63.6 cm³/mol. The molecule has 0 unspecified atom stereocenters. The fourth-order valence-electron chi connectivity index (χ4n) is 1.83. The van der Waals surface area contributed by atoms with Gasteiger partial charge in [-0.05, 0) is 31.9 Å². The van der Waals surface area contributed by atoms with Crippen molar-refractivity contribution in [3.8, 4) is 0 Å². The summed E-state index contributed by atoms with van der Waals surface area (Å²) < 4.78 is 0. The molecular weight excluding hydrogens is 202 g/mol. The lowest BCUT2D eigenvalue weighted by molar-refractivity contribution is 0.248. The molecule has 2 amide bonds. The number of nitrogens with one attached hydrogen (secondary N) is 1. The summed E-state index contributed by atoms with van der Waals surface area (Å²) >= 11 is 0. The lowest BCUT2D eigenvalue weighted by Crippen LogP contribution is -2.36. The number of hydrogen-bond acceptors (Lipinski definition) is 2. The number of carbonyl (C=O) groups excluding carboxylic acids is 1. The third-order valence-corrected chi connectivity index (χ3v) is 2.74. The highest BCUT2D eigenvalue weighted by Crippen LogP contribution is 2.21. The van der Waals surface area contributed by atoms with Crippen molar-refractivity contribution in [3.63, 3.8) is 0 Å². The smallest absolute Gasteiger partial charge is 0.323 e. The first-order valence-corrected chi connectivity index (χ1v) is 5.56. The Morgan fingerprint density at radius 3 is 2.69 bits per heavy atom. The Bertz CT molecular complexity index is 397. The highest BCUT2D eigenvalue weighted by atomic mass is 16.2. The van der Waals surface area contributed by atoms with Gasteiger partial charge in [0, 0.05) is 6.20 Å². The Morgan fingerprint density at radius 1 is 1.50 bits per heavy atom. The molecule has 0 spiro atoms. The molecule has 0 bridgehead atoms. The number of urea groups is 1. The molecule has 16 heavy (non-hydrogen) atoms. The minimum Gasteiger partial charge on any atom is -0.331 e. The van der Waals surface area contributed by atoms with Crippen LogP contribution < -0.4 is 10.2 Å². The van der Waals surface area contributed by atoms with Gasteiger partial charge in [0.2, 0.25) is 0 Å². The van der Waals surface area contributed by atoms with E-state index in [1.54, 1.807) is 4.90 Å². The summed E-state index contributed by atoms with van der Waals surface area (Å²) in [6.07, 6.45) is 2.79. The fraction of sp³-hybridized carbons (Fsp3) is 0.500. The van der Waals surface area contributed by atoms with Crippen LogP contribution in [0.5, 0.6) is 0 Å². The van der Waals surface area contributed by atoms with Crippen molar-refractivity contribution in [1.29, 1.82) is 0 Å². The van der Waals surface area contributed by atoms with Crippen LogP contribution in [0, 0.1) is 0 Å². The number of carbonyl (C=O) groups is 1. The molecule has 1 fully saturated rings. The monoisotopic (exact) mass is 219 g/mol. The van der Waals surface area contributed by atoms with Crippen molar-refractivity contribution in [3.05, 3.63) is 23.9 Å². The summed E-state index contributed by atoms with van der Waals surface area (Å²) in [7, 11) is 0. The predicted octanol–water partition coefficient (Wildman–Crippen LogP) is 1.95. The van der Waals surface area contributed by atoms with Crippen LogP contribution in [0.3, 0.4) is 0 Å². The quantitative estimate of drug-likeness (QED) is 0.826. The second-order valence-corrected chi connectivity index (χ2v) is 4.78. The first-order chi connectivity index (χ1) is 7.52. The summed E-state index contributed by atoms with van der Waals surface area (Å²) in [6.45, 7) is 6.75. The van der Waals surface area contributed by atoms with E-state index in [4.69, 9.17) is 0 Å². The third kappa shape index (κ3) is 2.01. The van der Waals surface area contributed by atoms with Gasteiger partial charge in [-0.2, -0.15) is 0 Å². The van der Waals surface area contributed by atoms with Gasteiger partial charge in [-0.25, -0.2) is 9.78 Å². The maximum Gasteiger partial charge on any atom is 0.323 e. The minimum atomic E-state index is -0.178. The fourth-order valence-corrected chi connectivity index (χ4v) is 1.83. The van der Waals surface area contributed by atoms with Crippen molar-refractivity contribution >= 4 is 11.8 Å². The normalized spacial score (nSPS) is 18.7. The zero-order valence-electron chi connectivity index (χ0n) is 9.95. The van der Waals surface area contributed by atoms with Gasteiger partial charge in [0.25, 0.3) is 0 Å². The van der Waals surface area contributed by atoms with Crippen LogP contribution in [0.2, 0.25) is 0 Å². The first kappa shape index (κ1) is 10.9. The zero-order valence-corrected chi connectivity index (χ0v) is 9.95.